The molecule has 0 aliphatic carbocycles. The van der Waals surface area contributed by atoms with Crippen molar-refractivity contribution in [2.75, 3.05) is 26.5 Å². The zero-order valence-electron chi connectivity index (χ0n) is 12.7. The van der Waals surface area contributed by atoms with Gasteiger partial charge in [-0.3, -0.25) is 4.79 Å². The molecule has 0 saturated carbocycles. The molecule has 1 rings (SSSR count). The van der Waals surface area contributed by atoms with Crippen molar-refractivity contribution in [3.05, 3.63) is 17.7 Å². The fourth-order valence-electron chi connectivity index (χ4n) is 1.88. The molecule has 0 atom stereocenters. The molecule has 0 heterocycles. The highest BCUT2D eigenvalue weighted by molar-refractivity contribution is 6.00. The number of hydrogen-bond donors (Lipinski definition) is 2. The number of ether oxygens (including phenoxy) is 2. The van der Waals surface area contributed by atoms with E-state index in [0.29, 0.717) is 35.2 Å². The van der Waals surface area contributed by atoms with E-state index in [4.69, 9.17) is 15.2 Å². The molecular weight excluding hydrogens is 256 g/mol. The van der Waals surface area contributed by atoms with E-state index in [1.807, 2.05) is 0 Å². The van der Waals surface area contributed by atoms with Crippen LogP contribution < -0.4 is 20.5 Å². The minimum absolute atomic E-state index is 0.205. The third-order valence-corrected chi connectivity index (χ3v) is 3.06. The molecule has 5 nitrogen and oxygen atoms in total. The molecule has 0 aromatic heterocycles. The number of benzene rings is 1. The van der Waals surface area contributed by atoms with Crippen molar-refractivity contribution in [3.63, 3.8) is 0 Å². The van der Waals surface area contributed by atoms with Gasteiger partial charge in [-0.05, 0) is 24.8 Å². The van der Waals surface area contributed by atoms with Crippen LogP contribution in [0, 0.1) is 5.92 Å². The Balaban J connectivity index is 2.76. The van der Waals surface area contributed by atoms with Crippen molar-refractivity contribution >= 4 is 11.6 Å². The summed E-state index contributed by atoms with van der Waals surface area (Å²) < 4.78 is 10.3. The summed E-state index contributed by atoms with van der Waals surface area (Å²) in [6.45, 7) is 4.95. The van der Waals surface area contributed by atoms with Gasteiger partial charge in [0.05, 0.1) is 25.5 Å². The van der Waals surface area contributed by atoms with Gasteiger partial charge in [-0.2, -0.15) is 0 Å². The molecule has 5 heteroatoms. The normalized spacial score (nSPS) is 10.4. The van der Waals surface area contributed by atoms with Crippen LogP contribution in [0.4, 0.5) is 5.69 Å². The summed E-state index contributed by atoms with van der Waals surface area (Å²) in [6, 6.07) is 3.28. The first kappa shape index (κ1) is 16.1. The number of methoxy groups -OCH3 is 2. The number of rotatable bonds is 7. The second kappa shape index (κ2) is 7.62. The van der Waals surface area contributed by atoms with E-state index in [1.54, 1.807) is 12.1 Å². The molecule has 0 unspecified atom stereocenters. The van der Waals surface area contributed by atoms with Gasteiger partial charge >= 0.3 is 0 Å². The summed E-state index contributed by atoms with van der Waals surface area (Å²) >= 11 is 0. The van der Waals surface area contributed by atoms with Crippen molar-refractivity contribution in [2.24, 2.45) is 5.92 Å². The van der Waals surface area contributed by atoms with Gasteiger partial charge in [-0.25, -0.2) is 0 Å². The van der Waals surface area contributed by atoms with Crippen LogP contribution in [0.15, 0.2) is 12.1 Å². The Morgan fingerprint density at radius 3 is 2.55 bits per heavy atom. The summed E-state index contributed by atoms with van der Waals surface area (Å²) in [5.41, 5.74) is 6.64. The molecule has 0 aliphatic heterocycles. The maximum absolute atomic E-state index is 12.1. The van der Waals surface area contributed by atoms with Crippen molar-refractivity contribution in [2.45, 2.75) is 26.7 Å². The van der Waals surface area contributed by atoms with Crippen molar-refractivity contribution in [1.82, 2.24) is 5.32 Å². The molecule has 0 bridgehead atoms. The van der Waals surface area contributed by atoms with E-state index in [2.05, 4.69) is 19.2 Å². The first-order valence-corrected chi connectivity index (χ1v) is 6.79. The van der Waals surface area contributed by atoms with Crippen LogP contribution in [-0.4, -0.2) is 26.7 Å². The number of nitrogen functional groups attached to an aromatic ring is 1. The molecule has 1 aromatic carbocycles. The van der Waals surface area contributed by atoms with Gasteiger partial charge < -0.3 is 20.5 Å². The monoisotopic (exact) mass is 280 g/mol. The molecule has 3 N–H and O–H groups in total. The lowest BCUT2D eigenvalue weighted by Gasteiger charge is -2.13. The fraction of sp³-hybridized carbons (Fsp3) is 0.533. The van der Waals surface area contributed by atoms with Crippen LogP contribution in [0.3, 0.4) is 0 Å². The van der Waals surface area contributed by atoms with Gasteiger partial charge in [-0.15, -0.1) is 0 Å². The van der Waals surface area contributed by atoms with Gasteiger partial charge in [-0.1, -0.05) is 13.8 Å². The zero-order chi connectivity index (χ0) is 15.1. The Morgan fingerprint density at radius 1 is 1.30 bits per heavy atom. The average molecular weight is 280 g/mol. The predicted molar refractivity (Wildman–Crippen MR) is 80.4 cm³/mol. The molecule has 0 aliphatic rings. The highest BCUT2D eigenvalue weighted by Crippen LogP contribution is 2.30. The number of carbonyl (C=O) groups excluding carboxylic acids is 1. The van der Waals surface area contributed by atoms with Crippen molar-refractivity contribution in [1.29, 1.82) is 0 Å². The van der Waals surface area contributed by atoms with Crippen LogP contribution in [0.25, 0.3) is 0 Å². The molecular formula is C15H24N2O3. The molecule has 0 radical (unpaired) electrons. The molecule has 20 heavy (non-hydrogen) atoms. The SMILES string of the molecule is COc1cc(OC)c(N)c(C(=O)NCCCC(C)C)c1. The van der Waals surface area contributed by atoms with E-state index in [0.717, 1.165) is 12.8 Å². The first-order valence-electron chi connectivity index (χ1n) is 6.79. The van der Waals surface area contributed by atoms with Crippen LogP contribution in [0.5, 0.6) is 11.5 Å². The predicted octanol–water partition coefficient (Wildman–Crippen LogP) is 2.45. The van der Waals surface area contributed by atoms with E-state index in [1.165, 1.54) is 14.2 Å². The van der Waals surface area contributed by atoms with Crippen molar-refractivity contribution < 1.29 is 14.3 Å². The Kier molecular flexibility index (Phi) is 6.15. The number of hydrogen-bond acceptors (Lipinski definition) is 4. The standard InChI is InChI=1S/C15H24N2O3/c1-10(2)6-5-7-17-15(18)12-8-11(19-3)9-13(20-4)14(12)16/h8-10H,5-7,16H2,1-4H3,(H,17,18). The Labute approximate surface area is 120 Å². The maximum Gasteiger partial charge on any atom is 0.253 e. The smallest absolute Gasteiger partial charge is 0.253 e. The molecule has 0 spiro atoms. The number of anilines is 1. The minimum atomic E-state index is -0.205. The summed E-state index contributed by atoms with van der Waals surface area (Å²) in [4.78, 5) is 12.1. The molecule has 112 valence electrons. The Hall–Kier alpha value is -1.91. The Bertz CT molecular complexity index is 459. The number of carbonyl (C=O) groups is 1. The van der Waals surface area contributed by atoms with Crippen LogP contribution in [0.1, 0.15) is 37.0 Å². The summed E-state index contributed by atoms with van der Waals surface area (Å²) in [5, 5.41) is 2.87. The topological polar surface area (TPSA) is 73.6 Å². The van der Waals surface area contributed by atoms with E-state index >= 15 is 0 Å². The number of nitrogens with one attached hydrogen (secondary N) is 1. The zero-order valence-corrected chi connectivity index (χ0v) is 12.7. The quantitative estimate of drug-likeness (QED) is 0.594. The lowest BCUT2D eigenvalue weighted by atomic mass is 10.1. The average Bonchev–Trinajstić information content (AvgIpc) is 2.43. The molecule has 1 amide bonds. The fourth-order valence-corrected chi connectivity index (χ4v) is 1.88. The second-order valence-electron chi connectivity index (χ2n) is 5.08. The van der Waals surface area contributed by atoms with E-state index < -0.39 is 0 Å². The summed E-state index contributed by atoms with van der Waals surface area (Å²) in [7, 11) is 3.05. The van der Waals surface area contributed by atoms with E-state index in [-0.39, 0.29) is 5.91 Å². The second-order valence-corrected chi connectivity index (χ2v) is 5.08. The molecule has 0 saturated heterocycles. The summed E-state index contributed by atoms with van der Waals surface area (Å²) in [6.07, 6.45) is 2.03. The Morgan fingerprint density at radius 2 is 2.00 bits per heavy atom. The third-order valence-electron chi connectivity index (χ3n) is 3.06. The first-order chi connectivity index (χ1) is 9.49. The van der Waals surface area contributed by atoms with Gasteiger partial charge in [0, 0.05) is 12.6 Å². The van der Waals surface area contributed by atoms with E-state index in [9.17, 15) is 4.79 Å². The lowest BCUT2D eigenvalue weighted by Crippen LogP contribution is -2.25. The lowest BCUT2D eigenvalue weighted by molar-refractivity contribution is 0.0953. The highest BCUT2D eigenvalue weighted by atomic mass is 16.5. The van der Waals surface area contributed by atoms with Crippen LogP contribution in [-0.2, 0) is 0 Å². The van der Waals surface area contributed by atoms with Crippen molar-refractivity contribution in [3.8, 4) is 11.5 Å². The number of amides is 1. The molecule has 0 fully saturated rings. The van der Waals surface area contributed by atoms with Gasteiger partial charge in [0.15, 0.2) is 0 Å². The number of nitrogens with two attached hydrogens (primary N) is 1. The van der Waals surface area contributed by atoms with Crippen LogP contribution >= 0.6 is 0 Å². The highest BCUT2D eigenvalue weighted by Gasteiger charge is 2.15. The van der Waals surface area contributed by atoms with Crippen LogP contribution in [0.2, 0.25) is 0 Å². The maximum atomic E-state index is 12.1. The minimum Gasteiger partial charge on any atom is -0.497 e. The largest absolute Gasteiger partial charge is 0.497 e. The van der Waals surface area contributed by atoms with Gasteiger partial charge in [0.25, 0.3) is 5.91 Å². The van der Waals surface area contributed by atoms with Gasteiger partial charge in [0.1, 0.15) is 11.5 Å². The third kappa shape index (κ3) is 4.33. The molecule has 1 aromatic rings. The van der Waals surface area contributed by atoms with Gasteiger partial charge in [0.2, 0.25) is 0 Å². The summed E-state index contributed by atoms with van der Waals surface area (Å²) in [5.74, 6) is 1.41.